The second kappa shape index (κ2) is 8.07. The van der Waals surface area contributed by atoms with Crippen molar-refractivity contribution in [3.05, 3.63) is 40.5 Å². The fourth-order valence-electron chi connectivity index (χ4n) is 5.30. The van der Waals surface area contributed by atoms with E-state index in [-0.39, 0.29) is 17.4 Å². The summed E-state index contributed by atoms with van der Waals surface area (Å²) in [6.07, 6.45) is 2.09. The van der Waals surface area contributed by atoms with Crippen LogP contribution in [0.4, 0.5) is 10.5 Å². The fourth-order valence-corrected chi connectivity index (χ4v) is 5.59. The molecular weight excluding hydrogens is 418 g/mol. The molecule has 0 aliphatic carbocycles. The maximum absolute atomic E-state index is 13.1. The lowest BCUT2D eigenvalue weighted by atomic mass is 9.81. The van der Waals surface area contributed by atoms with Crippen LogP contribution >= 0.6 is 11.6 Å². The molecule has 2 atom stereocenters. The quantitative estimate of drug-likeness (QED) is 0.780. The molecule has 3 aliphatic rings. The highest BCUT2D eigenvalue weighted by atomic mass is 35.5. The van der Waals surface area contributed by atoms with E-state index in [1.807, 2.05) is 36.9 Å². The van der Waals surface area contributed by atoms with Crippen LogP contribution in [-0.2, 0) is 10.2 Å². The largest absolute Gasteiger partial charge is 0.381 e. The second-order valence-electron chi connectivity index (χ2n) is 9.07. The van der Waals surface area contributed by atoms with Gasteiger partial charge in [-0.25, -0.2) is 4.79 Å². The van der Waals surface area contributed by atoms with Gasteiger partial charge in [0, 0.05) is 51.4 Å². The highest BCUT2D eigenvalue weighted by Crippen LogP contribution is 2.45. The van der Waals surface area contributed by atoms with E-state index in [1.54, 1.807) is 0 Å². The predicted molar refractivity (Wildman–Crippen MR) is 116 cm³/mol. The molecule has 2 amide bonds. The van der Waals surface area contributed by atoms with Crippen LogP contribution in [0.15, 0.2) is 22.7 Å². The molecule has 2 aromatic rings. The molecule has 1 N–H and O–H groups in total. The first kappa shape index (κ1) is 20.7. The number of hydrogen-bond acceptors (Lipinski definition) is 6. The topological polar surface area (TPSA) is 83.7 Å². The number of fused-ring (bicyclic) bond motifs is 1. The van der Waals surface area contributed by atoms with E-state index in [0.29, 0.717) is 41.6 Å². The Balaban J connectivity index is 1.36. The molecule has 4 heterocycles. The number of halogens is 1. The average molecular weight is 446 g/mol. The Morgan fingerprint density at radius 2 is 2.03 bits per heavy atom. The fraction of sp³-hybridized carbons (Fsp3) is 0.591. The zero-order valence-corrected chi connectivity index (χ0v) is 18.7. The zero-order chi connectivity index (χ0) is 21.6. The molecule has 1 aromatic carbocycles. The van der Waals surface area contributed by atoms with Gasteiger partial charge >= 0.3 is 6.03 Å². The number of amides is 2. The van der Waals surface area contributed by atoms with E-state index in [1.165, 1.54) is 0 Å². The van der Waals surface area contributed by atoms with E-state index < -0.39 is 0 Å². The third-order valence-electron chi connectivity index (χ3n) is 6.95. The summed E-state index contributed by atoms with van der Waals surface area (Å²) < 4.78 is 11.2. The molecule has 0 bridgehead atoms. The number of carbonyl (C=O) groups is 1. The first-order valence-corrected chi connectivity index (χ1v) is 11.3. The van der Waals surface area contributed by atoms with Gasteiger partial charge in [0.05, 0.1) is 16.1 Å². The van der Waals surface area contributed by atoms with E-state index in [2.05, 4.69) is 20.4 Å². The van der Waals surface area contributed by atoms with Crippen molar-refractivity contribution in [3.63, 3.8) is 0 Å². The van der Waals surface area contributed by atoms with E-state index in [4.69, 9.17) is 20.9 Å². The maximum atomic E-state index is 13.1. The van der Waals surface area contributed by atoms with Crippen LogP contribution in [-0.4, -0.2) is 71.4 Å². The number of benzene rings is 1. The van der Waals surface area contributed by atoms with Crippen LogP contribution in [0.5, 0.6) is 0 Å². The predicted octanol–water partition coefficient (Wildman–Crippen LogP) is 3.24. The standard InChI is InChI=1S/C22H28ClN5O3/c1-14-3-4-19(18(23)9-14)25-21(29)28-11-16-10-27(17-5-7-30-8-6-17)12-22(16,13-28)20-24-15(2)26-31-20/h3-4,9,16-17H,5-8,10-13H2,1-2H3,(H,25,29)/t16-,22-/m1/s1. The third kappa shape index (κ3) is 3.81. The van der Waals surface area contributed by atoms with Gasteiger partial charge in [-0.15, -0.1) is 0 Å². The average Bonchev–Trinajstić information content (AvgIpc) is 3.43. The lowest BCUT2D eigenvalue weighted by Gasteiger charge is -2.33. The first-order chi connectivity index (χ1) is 14.9. The van der Waals surface area contributed by atoms with Crippen molar-refractivity contribution in [2.45, 2.75) is 38.1 Å². The van der Waals surface area contributed by atoms with E-state index >= 15 is 0 Å². The van der Waals surface area contributed by atoms with Gasteiger partial charge in [0.2, 0.25) is 5.89 Å². The van der Waals surface area contributed by atoms with Crippen molar-refractivity contribution >= 4 is 23.3 Å². The number of likely N-dealkylation sites (tertiary alicyclic amines) is 2. The Hall–Kier alpha value is -2.16. The molecule has 0 saturated carbocycles. The van der Waals surface area contributed by atoms with Crippen LogP contribution in [0.3, 0.4) is 0 Å². The summed E-state index contributed by atoms with van der Waals surface area (Å²) in [6.45, 7) is 8.36. The summed E-state index contributed by atoms with van der Waals surface area (Å²) in [5, 5.41) is 7.57. The lowest BCUT2D eigenvalue weighted by Crippen LogP contribution is -2.44. The highest BCUT2D eigenvalue weighted by Gasteiger charge is 2.58. The first-order valence-electron chi connectivity index (χ1n) is 10.9. The summed E-state index contributed by atoms with van der Waals surface area (Å²) >= 11 is 6.32. The maximum Gasteiger partial charge on any atom is 0.321 e. The van der Waals surface area contributed by atoms with Gasteiger partial charge in [-0.2, -0.15) is 4.98 Å². The SMILES string of the molecule is Cc1ccc(NC(=O)N2C[C@H]3CN(C4CCOCC4)C[C@@]3(c3nc(C)no3)C2)c(Cl)c1. The van der Waals surface area contributed by atoms with E-state index in [0.717, 1.165) is 44.7 Å². The smallest absolute Gasteiger partial charge is 0.321 e. The van der Waals surface area contributed by atoms with Crippen LogP contribution in [0.25, 0.3) is 0 Å². The molecular formula is C22H28ClN5O3. The summed E-state index contributed by atoms with van der Waals surface area (Å²) in [7, 11) is 0. The van der Waals surface area contributed by atoms with Gasteiger partial charge in [-0.05, 0) is 44.4 Å². The molecule has 166 valence electrons. The lowest BCUT2D eigenvalue weighted by molar-refractivity contribution is 0.0378. The number of aromatic nitrogens is 2. The number of nitrogens with one attached hydrogen (secondary N) is 1. The normalized spacial score (nSPS) is 26.9. The number of ether oxygens (including phenoxy) is 1. The number of anilines is 1. The van der Waals surface area contributed by atoms with Gasteiger partial charge in [0.1, 0.15) is 0 Å². The van der Waals surface area contributed by atoms with Gasteiger partial charge in [-0.3, -0.25) is 4.90 Å². The van der Waals surface area contributed by atoms with Gasteiger partial charge in [0.15, 0.2) is 5.82 Å². The molecule has 3 fully saturated rings. The minimum absolute atomic E-state index is 0.145. The van der Waals surface area contributed by atoms with Crippen LogP contribution in [0, 0.1) is 19.8 Å². The molecule has 1 aromatic heterocycles. The van der Waals surface area contributed by atoms with Gasteiger partial charge in [0.25, 0.3) is 0 Å². The molecule has 5 rings (SSSR count). The Labute approximate surface area is 186 Å². The molecule has 9 heteroatoms. The number of rotatable bonds is 3. The Bertz CT molecular complexity index is 976. The minimum atomic E-state index is -0.339. The van der Waals surface area contributed by atoms with Crippen molar-refractivity contribution in [2.24, 2.45) is 5.92 Å². The van der Waals surface area contributed by atoms with Crippen molar-refractivity contribution in [3.8, 4) is 0 Å². The van der Waals surface area contributed by atoms with Crippen molar-refractivity contribution in [1.82, 2.24) is 19.9 Å². The van der Waals surface area contributed by atoms with Crippen LogP contribution in [0.1, 0.15) is 30.1 Å². The summed E-state index contributed by atoms with van der Waals surface area (Å²) in [4.78, 5) is 22.1. The van der Waals surface area contributed by atoms with Crippen LogP contribution < -0.4 is 5.32 Å². The third-order valence-corrected chi connectivity index (χ3v) is 7.26. The zero-order valence-electron chi connectivity index (χ0n) is 17.9. The van der Waals surface area contributed by atoms with Gasteiger partial charge < -0.3 is 19.5 Å². The number of nitrogens with zero attached hydrogens (tertiary/aromatic N) is 4. The molecule has 8 nitrogen and oxygen atoms in total. The summed E-state index contributed by atoms with van der Waals surface area (Å²) in [5.74, 6) is 1.52. The summed E-state index contributed by atoms with van der Waals surface area (Å²) in [6, 6.07) is 6.00. The Morgan fingerprint density at radius 1 is 1.23 bits per heavy atom. The Kier molecular flexibility index (Phi) is 5.40. The number of aryl methyl sites for hydroxylation is 2. The van der Waals surface area contributed by atoms with Crippen LogP contribution in [0.2, 0.25) is 5.02 Å². The number of urea groups is 1. The Morgan fingerprint density at radius 3 is 2.74 bits per heavy atom. The molecule has 31 heavy (non-hydrogen) atoms. The van der Waals surface area contributed by atoms with Crippen molar-refractivity contribution in [2.75, 3.05) is 44.7 Å². The van der Waals surface area contributed by atoms with Crippen molar-refractivity contribution in [1.29, 1.82) is 0 Å². The molecule has 0 unspecified atom stereocenters. The monoisotopic (exact) mass is 445 g/mol. The molecule has 3 saturated heterocycles. The summed E-state index contributed by atoms with van der Waals surface area (Å²) in [5.41, 5.74) is 1.34. The number of hydrogen-bond donors (Lipinski definition) is 1. The van der Waals surface area contributed by atoms with E-state index in [9.17, 15) is 4.79 Å². The highest BCUT2D eigenvalue weighted by molar-refractivity contribution is 6.33. The van der Waals surface area contributed by atoms with Crippen molar-refractivity contribution < 1.29 is 14.1 Å². The second-order valence-corrected chi connectivity index (χ2v) is 9.47. The number of carbonyl (C=O) groups excluding carboxylic acids is 1. The minimum Gasteiger partial charge on any atom is -0.381 e. The molecule has 0 radical (unpaired) electrons. The molecule has 0 spiro atoms. The molecule has 3 aliphatic heterocycles. The van der Waals surface area contributed by atoms with Gasteiger partial charge in [-0.1, -0.05) is 22.8 Å².